The van der Waals surface area contributed by atoms with E-state index in [0.717, 1.165) is 5.56 Å². The van der Waals surface area contributed by atoms with Crippen molar-refractivity contribution >= 4 is 44.4 Å². The molecule has 15 heteroatoms. The first-order valence-corrected chi connectivity index (χ1v) is 14.2. The van der Waals surface area contributed by atoms with E-state index < -0.39 is 42.9 Å². The number of thiazole rings is 1. The number of aromatic nitrogens is 5. The number of anilines is 1. The number of nitrogens with one attached hydrogen (secondary N) is 1. The fourth-order valence-corrected chi connectivity index (χ4v) is 5.89. The minimum atomic E-state index is -3.08. The molecule has 1 aliphatic rings. The van der Waals surface area contributed by atoms with Crippen molar-refractivity contribution in [2.24, 2.45) is 0 Å². The van der Waals surface area contributed by atoms with E-state index in [4.69, 9.17) is 18.9 Å². The molecule has 0 aliphatic heterocycles. The van der Waals surface area contributed by atoms with Crippen LogP contribution >= 0.6 is 11.3 Å². The highest BCUT2D eigenvalue weighted by Gasteiger charge is 2.45. The summed E-state index contributed by atoms with van der Waals surface area (Å²) < 4.78 is 66.1. The normalized spacial score (nSPS) is 17.8. The molecule has 1 aliphatic carbocycles. The second-order valence-corrected chi connectivity index (χ2v) is 11.2. The smallest absolute Gasteiger partial charge is 0.412 e. The van der Waals surface area contributed by atoms with Gasteiger partial charge in [-0.05, 0) is 31.0 Å². The Labute approximate surface area is 252 Å². The van der Waals surface area contributed by atoms with Crippen LogP contribution in [0.2, 0.25) is 0 Å². The van der Waals surface area contributed by atoms with Gasteiger partial charge in [0.1, 0.15) is 17.2 Å². The van der Waals surface area contributed by atoms with Gasteiger partial charge in [0.2, 0.25) is 5.88 Å². The van der Waals surface area contributed by atoms with Crippen molar-refractivity contribution in [1.82, 2.24) is 24.9 Å². The third kappa shape index (κ3) is 6.13. The number of halogens is 3. The van der Waals surface area contributed by atoms with E-state index in [-0.39, 0.29) is 23.9 Å². The van der Waals surface area contributed by atoms with Crippen molar-refractivity contribution < 1.29 is 36.9 Å². The fraction of sp³-hybridized carbons (Fsp3) is 0.310. The van der Waals surface area contributed by atoms with Crippen LogP contribution in [0.15, 0.2) is 42.9 Å². The molecule has 0 saturated heterocycles. The summed E-state index contributed by atoms with van der Waals surface area (Å²) in [6.07, 6.45) is -0.683. The molecule has 1 amide bonds. The Kier molecular flexibility index (Phi) is 7.80. The molecule has 5 aromatic rings. The highest BCUT2D eigenvalue weighted by atomic mass is 32.1. The lowest BCUT2D eigenvalue weighted by Crippen LogP contribution is -2.45. The van der Waals surface area contributed by atoms with Gasteiger partial charge in [0.05, 0.1) is 66.2 Å². The topological polar surface area (TPSA) is 130 Å². The number of carbonyl (C=O) groups is 1. The SMILES string of the molecule is COc1cnc2c(-c3nc4cc(F)c(O[C@@H]5CC(F)(F)CCC5OC(=O)Nc5cnc(OC)nc5)cc4s3)cc(C)cc2n1. The van der Waals surface area contributed by atoms with E-state index in [1.807, 2.05) is 19.1 Å². The molecule has 44 heavy (non-hydrogen) atoms. The number of aryl methyl sites for hydroxylation is 1. The van der Waals surface area contributed by atoms with Gasteiger partial charge in [-0.2, -0.15) is 0 Å². The third-order valence-corrected chi connectivity index (χ3v) is 8.00. The van der Waals surface area contributed by atoms with Crippen molar-refractivity contribution in [2.75, 3.05) is 19.5 Å². The molecule has 2 atom stereocenters. The number of fused-ring (bicyclic) bond motifs is 2. The molecule has 228 valence electrons. The fourth-order valence-electron chi connectivity index (χ4n) is 4.90. The molecule has 1 saturated carbocycles. The van der Waals surface area contributed by atoms with Crippen LogP contribution in [-0.2, 0) is 4.74 Å². The van der Waals surface area contributed by atoms with Gasteiger partial charge < -0.3 is 18.9 Å². The molecule has 3 aromatic heterocycles. The lowest BCUT2D eigenvalue weighted by Gasteiger charge is -2.35. The zero-order chi connectivity index (χ0) is 31.0. The van der Waals surface area contributed by atoms with Crippen LogP contribution in [0, 0.1) is 12.7 Å². The van der Waals surface area contributed by atoms with Crippen LogP contribution < -0.4 is 19.5 Å². The molecule has 0 radical (unpaired) electrons. The lowest BCUT2D eigenvalue weighted by atomic mass is 9.91. The Bertz CT molecular complexity index is 1860. The quantitative estimate of drug-likeness (QED) is 0.218. The first kappa shape index (κ1) is 29.3. The van der Waals surface area contributed by atoms with Gasteiger partial charge in [-0.15, -0.1) is 11.3 Å². The summed E-state index contributed by atoms with van der Waals surface area (Å²) >= 11 is 1.26. The summed E-state index contributed by atoms with van der Waals surface area (Å²) in [6, 6.07) is 6.48. The van der Waals surface area contributed by atoms with Crippen LogP contribution in [-0.4, -0.2) is 63.4 Å². The summed E-state index contributed by atoms with van der Waals surface area (Å²) in [4.78, 5) is 33.9. The minimum Gasteiger partial charge on any atom is -0.483 e. The number of nitrogens with zero attached hydrogens (tertiary/aromatic N) is 5. The maximum absolute atomic E-state index is 15.3. The summed E-state index contributed by atoms with van der Waals surface area (Å²) in [5, 5.41) is 3.00. The first-order valence-electron chi connectivity index (χ1n) is 13.4. The average Bonchev–Trinajstić information content (AvgIpc) is 3.40. The van der Waals surface area contributed by atoms with Gasteiger partial charge in [0, 0.05) is 24.1 Å². The molecular weight excluding hydrogens is 601 g/mol. The van der Waals surface area contributed by atoms with Gasteiger partial charge in [-0.3, -0.25) is 5.32 Å². The maximum atomic E-state index is 15.3. The number of amides is 1. The lowest BCUT2D eigenvalue weighted by molar-refractivity contribution is -0.114. The molecule has 1 unspecified atom stereocenters. The van der Waals surface area contributed by atoms with Crippen LogP contribution in [0.5, 0.6) is 17.6 Å². The van der Waals surface area contributed by atoms with Crippen LogP contribution in [0.3, 0.4) is 0 Å². The Balaban J connectivity index is 1.25. The summed E-state index contributed by atoms with van der Waals surface area (Å²) in [7, 11) is 2.90. The number of methoxy groups -OCH3 is 2. The van der Waals surface area contributed by atoms with E-state index in [1.54, 1.807) is 0 Å². The predicted molar refractivity (Wildman–Crippen MR) is 155 cm³/mol. The number of rotatable bonds is 7. The number of carbonyl (C=O) groups excluding carboxylic acids is 1. The Morgan fingerprint density at radius 2 is 1.80 bits per heavy atom. The molecular formula is C29H25F3N6O5S. The van der Waals surface area contributed by atoms with Gasteiger partial charge >= 0.3 is 12.1 Å². The number of alkyl halides is 2. The first-order chi connectivity index (χ1) is 21.1. The summed E-state index contributed by atoms with van der Waals surface area (Å²) in [5.74, 6) is -3.77. The largest absolute Gasteiger partial charge is 0.483 e. The average molecular weight is 627 g/mol. The second-order valence-electron chi connectivity index (χ2n) is 10.1. The number of ether oxygens (including phenoxy) is 4. The van der Waals surface area contributed by atoms with E-state index in [2.05, 4.69) is 30.2 Å². The zero-order valence-corrected chi connectivity index (χ0v) is 24.5. The molecule has 1 N–H and O–H groups in total. The molecule has 1 fully saturated rings. The summed E-state index contributed by atoms with van der Waals surface area (Å²) in [5.41, 5.74) is 3.38. The number of hydrogen-bond donors (Lipinski definition) is 1. The van der Waals surface area contributed by atoms with E-state index >= 15 is 4.39 Å². The van der Waals surface area contributed by atoms with E-state index in [1.165, 1.54) is 56.3 Å². The standard InChI is InChI=1S/C29H25F3N6O5S/c1-14-6-16(25-19(7-14)37-24(40-2)13-33-25)26-38-18-8-17(30)21(9-23(18)44-26)42-22-10-29(31,32)5-4-20(22)43-28(39)36-15-11-34-27(41-3)35-12-15/h6-9,11-13,20,22H,4-5,10H2,1-3H3,(H,36,39)/t20?,22-/m1/s1. The Hall–Kier alpha value is -4.79. The minimum absolute atomic E-state index is 0.0977. The van der Waals surface area contributed by atoms with Gasteiger partial charge in [-0.1, -0.05) is 0 Å². The third-order valence-electron chi connectivity index (χ3n) is 6.95. The highest BCUT2D eigenvalue weighted by molar-refractivity contribution is 7.21. The monoisotopic (exact) mass is 626 g/mol. The van der Waals surface area contributed by atoms with E-state index in [9.17, 15) is 13.6 Å². The highest BCUT2D eigenvalue weighted by Crippen LogP contribution is 2.40. The predicted octanol–water partition coefficient (Wildman–Crippen LogP) is 6.35. The second kappa shape index (κ2) is 11.7. The molecule has 0 spiro atoms. The van der Waals surface area contributed by atoms with Crippen LogP contribution in [0.1, 0.15) is 24.8 Å². The van der Waals surface area contributed by atoms with Crippen molar-refractivity contribution in [3.8, 4) is 28.2 Å². The van der Waals surface area contributed by atoms with Crippen molar-refractivity contribution in [3.05, 3.63) is 54.2 Å². The number of hydrogen-bond acceptors (Lipinski definition) is 11. The van der Waals surface area contributed by atoms with Gasteiger partial charge in [-0.25, -0.2) is 42.9 Å². The molecule has 11 nitrogen and oxygen atoms in total. The molecule has 3 heterocycles. The number of benzene rings is 2. The Morgan fingerprint density at radius 3 is 2.55 bits per heavy atom. The Morgan fingerprint density at radius 1 is 1.00 bits per heavy atom. The maximum Gasteiger partial charge on any atom is 0.412 e. The van der Waals surface area contributed by atoms with Gasteiger partial charge in [0.15, 0.2) is 11.6 Å². The molecule has 0 bridgehead atoms. The molecule has 6 rings (SSSR count). The summed E-state index contributed by atoms with van der Waals surface area (Å²) in [6.45, 7) is 1.91. The van der Waals surface area contributed by atoms with Crippen molar-refractivity contribution in [3.63, 3.8) is 0 Å². The van der Waals surface area contributed by atoms with Crippen LogP contribution in [0.25, 0.3) is 31.8 Å². The van der Waals surface area contributed by atoms with Crippen LogP contribution in [0.4, 0.5) is 23.7 Å². The zero-order valence-electron chi connectivity index (χ0n) is 23.6. The molecule has 2 aromatic carbocycles. The van der Waals surface area contributed by atoms with E-state index in [0.29, 0.717) is 37.7 Å². The van der Waals surface area contributed by atoms with Crippen molar-refractivity contribution in [1.29, 1.82) is 0 Å². The van der Waals surface area contributed by atoms with Gasteiger partial charge in [0.25, 0.3) is 5.92 Å². The van der Waals surface area contributed by atoms with Crippen molar-refractivity contribution in [2.45, 2.75) is 44.3 Å².